The van der Waals surface area contributed by atoms with Gasteiger partial charge in [-0.05, 0) is 36.2 Å². The van der Waals surface area contributed by atoms with E-state index in [2.05, 4.69) is 26.9 Å². The fraction of sp³-hybridized carbons (Fsp3) is 0.130. The third-order valence-corrected chi connectivity index (χ3v) is 5.34. The van der Waals surface area contributed by atoms with Crippen molar-refractivity contribution in [3.05, 3.63) is 82.8 Å². The Morgan fingerprint density at radius 2 is 2.06 bits per heavy atom. The molecule has 0 bridgehead atoms. The SMILES string of the molecule is C=C(N=C/C(=C\N)c1ccc2ncc3c(c2c1)n(-c1cnc(F)cc1C)c(=O)n3C)NC. The minimum Gasteiger partial charge on any atom is -0.404 e. The molecule has 8 nitrogen and oxygen atoms in total. The van der Waals surface area contributed by atoms with E-state index in [1.54, 1.807) is 33.4 Å². The van der Waals surface area contributed by atoms with Crippen molar-refractivity contribution in [2.24, 2.45) is 17.8 Å². The van der Waals surface area contributed by atoms with Crippen molar-refractivity contribution < 1.29 is 4.39 Å². The van der Waals surface area contributed by atoms with Gasteiger partial charge in [0.25, 0.3) is 0 Å². The molecule has 0 atom stereocenters. The minimum atomic E-state index is -0.603. The summed E-state index contributed by atoms with van der Waals surface area (Å²) in [4.78, 5) is 25.7. The number of hydrogen-bond acceptors (Lipinski definition) is 6. The van der Waals surface area contributed by atoms with Crippen LogP contribution in [-0.4, -0.2) is 32.4 Å². The molecule has 0 aliphatic rings. The molecule has 162 valence electrons. The predicted molar refractivity (Wildman–Crippen MR) is 125 cm³/mol. The molecule has 9 heteroatoms. The van der Waals surface area contributed by atoms with Crippen LogP contribution in [0.25, 0.3) is 33.2 Å². The third-order valence-electron chi connectivity index (χ3n) is 5.34. The number of aliphatic imine (C=N–C) groups is 1. The van der Waals surface area contributed by atoms with Crippen LogP contribution in [0.2, 0.25) is 0 Å². The first-order valence-corrected chi connectivity index (χ1v) is 9.81. The van der Waals surface area contributed by atoms with Gasteiger partial charge in [0.1, 0.15) is 5.82 Å². The number of imidazole rings is 1. The lowest BCUT2D eigenvalue weighted by molar-refractivity contribution is 0.581. The molecule has 0 unspecified atom stereocenters. The first kappa shape index (κ1) is 21.0. The molecule has 32 heavy (non-hydrogen) atoms. The van der Waals surface area contributed by atoms with E-state index < -0.39 is 5.95 Å². The molecule has 0 amide bonds. The lowest BCUT2D eigenvalue weighted by Gasteiger charge is -2.10. The molecular formula is C23H22FN7O. The van der Waals surface area contributed by atoms with Gasteiger partial charge in [-0.1, -0.05) is 12.6 Å². The second-order valence-corrected chi connectivity index (χ2v) is 7.27. The number of halogens is 1. The predicted octanol–water partition coefficient (Wildman–Crippen LogP) is 2.78. The summed E-state index contributed by atoms with van der Waals surface area (Å²) in [6.45, 7) is 5.51. The van der Waals surface area contributed by atoms with Crippen molar-refractivity contribution in [3.8, 4) is 5.69 Å². The Hall–Kier alpha value is -4.27. The zero-order chi connectivity index (χ0) is 23.0. The highest BCUT2D eigenvalue weighted by Crippen LogP contribution is 2.28. The van der Waals surface area contributed by atoms with Gasteiger partial charge >= 0.3 is 5.69 Å². The van der Waals surface area contributed by atoms with Crippen LogP contribution in [0.4, 0.5) is 4.39 Å². The molecule has 3 N–H and O–H groups in total. The summed E-state index contributed by atoms with van der Waals surface area (Å²) >= 11 is 0. The van der Waals surface area contributed by atoms with Crippen molar-refractivity contribution in [2.75, 3.05) is 7.05 Å². The summed E-state index contributed by atoms with van der Waals surface area (Å²) in [5.41, 5.74) is 10.1. The molecule has 0 spiro atoms. The Labute approximate surface area is 183 Å². The Morgan fingerprint density at radius 1 is 1.28 bits per heavy atom. The number of aryl methyl sites for hydroxylation is 2. The molecule has 0 saturated heterocycles. The fourth-order valence-electron chi connectivity index (χ4n) is 3.57. The molecule has 0 aliphatic heterocycles. The topological polar surface area (TPSA) is 103 Å². The summed E-state index contributed by atoms with van der Waals surface area (Å²) in [5, 5.41) is 3.59. The van der Waals surface area contributed by atoms with Gasteiger partial charge in [0.05, 0.1) is 34.6 Å². The first-order valence-electron chi connectivity index (χ1n) is 9.81. The van der Waals surface area contributed by atoms with Gasteiger partial charge in [0.15, 0.2) is 0 Å². The summed E-state index contributed by atoms with van der Waals surface area (Å²) in [6.07, 6.45) is 6.08. The first-order chi connectivity index (χ1) is 15.3. The summed E-state index contributed by atoms with van der Waals surface area (Å²) in [6, 6.07) is 6.94. The molecule has 1 aromatic carbocycles. The fourth-order valence-corrected chi connectivity index (χ4v) is 3.57. The molecule has 4 rings (SSSR count). The molecule has 3 heterocycles. The van der Waals surface area contributed by atoms with Gasteiger partial charge in [0.2, 0.25) is 5.95 Å². The maximum Gasteiger partial charge on any atom is 0.333 e. The van der Waals surface area contributed by atoms with E-state index in [1.165, 1.54) is 27.6 Å². The molecule has 0 aliphatic carbocycles. The standard InChI is InChI=1S/C23H22FN7O/c1-13-7-21(24)29-11-19(13)31-22-17-8-15(16(9-25)10-27-14(2)26-3)5-6-18(17)28-12-20(22)30(4)23(31)32/h5-12,26H,2,25H2,1,3-4H3/b16-9+,27-10?. The number of rotatable bonds is 5. The molecule has 3 aromatic heterocycles. The van der Waals surface area contributed by atoms with Crippen LogP contribution < -0.4 is 16.7 Å². The summed E-state index contributed by atoms with van der Waals surface area (Å²) in [5.74, 6) is -0.112. The Morgan fingerprint density at radius 3 is 2.75 bits per heavy atom. The van der Waals surface area contributed by atoms with Crippen LogP contribution in [0, 0.1) is 12.9 Å². The Balaban J connectivity index is 2.03. The van der Waals surface area contributed by atoms with Crippen LogP contribution in [-0.2, 0) is 7.05 Å². The highest BCUT2D eigenvalue weighted by molar-refractivity contribution is 6.12. The highest BCUT2D eigenvalue weighted by Gasteiger charge is 2.18. The van der Waals surface area contributed by atoms with Crippen molar-refractivity contribution >= 4 is 33.7 Å². The van der Waals surface area contributed by atoms with Crippen molar-refractivity contribution in [3.63, 3.8) is 0 Å². The number of nitrogens with one attached hydrogen (secondary N) is 1. The lowest BCUT2D eigenvalue weighted by Crippen LogP contribution is -2.21. The number of fused-ring (bicyclic) bond motifs is 3. The second kappa shape index (κ2) is 8.10. The molecular weight excluding hydrogens is 409 g/mol. The van der Waals surface area contributed by atoms with Crippen molar-refractivity contribution in [2.45, 2.75) is 6.92 Å². The van der Waals surface area contributed by atoms with Crippen molar-refractivity contribution in [1.29, 1.82) is 0 Å². The van der Waals surface area contributed by atoms with Crippen LogP contribution in [0.3, 0.4) is 0 Å². The number of benzene rings is 1. The lowest BCUT2D eigenvalue weighted by atomic mass is 10.0. The van der Waals surface area contributed by atoms with Crippen molar-refractivity contribution in [1.82, 2.24) is 24.4 Å². The minimum absolute atomic E-state index is 0.280. The maximum absolute atomic E-state index is 13.6. The number of allylic oxidation sites excluding steroid dienone is 1. The van der Waals surface area contributed by atoms with E-state index >= 15 is 0 Å². The van der Waals surface area contributed by atoms with E-state index in [0.29, 0.717) is 39.2 Å². The maximum atomic E-state index is 13.6. The molecule has 0 saturated carbocycles. The van der Waals surface area contributed by atoms with Crippen LogP contribution >= 0.6 is 0 Å². The van der Waals surface area contributed by atoms with Gasteiger partial charge in [-0.3, -0.25) is 14.1 Å². The van der Waals surface area contributed by atoms with E-state index in [0.717, 1.165) is 10.9 Å². The number of nitrogens with zero attached hydrogens (tertiary/aromatic N) is 5. The number of hydrogen-bond donors (Lipinski definition) is 2. The normalized spacial score (nSPS) is 12.2. The zero-order valence-corrected chi connectivity index (χ0v) is 17.9. The van der Waals surface area contributed by atoms with E-state index in [1.807, 2.05) is 18.2 Å². The largest absolute Gasteiger partial charge is 0.404 e. The van der Waals surface area contributed by atoms with Gasteiger partial charge in [-0.15, -0.1) is 0 Å². The zero-order valence-electron chi connectivity index (χ0n) is 17.9. The highest BCUT2D eigenvalue weighted by atomic mass is 19.1. The third kappa shape index (κ3) is 3.43. The van der Waals surface area contributed by atoms with E-state index in [4.69, 9.17) is 5.73 Å². The van der Waals surface area contributed by atoms with Gasteiger partial charge in [0, 0.05) is 37.5 Å². The van der Waals surface area contributed by atoms with Gasteiger partial charge in [-0.25, -0.2) is 14.8 Å². The molecule has 4 aromatic rings. The van der Waals surface area contributed by atoms with E-state index in [9.17, 15) is 9.18 Å². The Kier molecular flexibility index (Phi) is 5.31. The van der Waals surface area contributed by atoms with Gasteiger partial charge in [-0.2, -0.15) is 4.39 Å². The van der Waals surface area contributed by atoms with Crippen LogP contribution in [0.15, 0.2) is 65.0 Å². The molecule has 0 fully saturated rings. The van der Waals surface area contributed by atoms with E-state index in [-0.39, 0.29) is 5.69 Å². The average molecular weight is 431 g/mol. The second-order valence-electron chi connectivity index (χ2n) is 7.27. The van der Waals surface area contributed by atoms with Crippen LogP contribution in [0.1, 0.15) is 11.1 Å². The number of nitrogens with two attached hydrogens (primary N) is 1. The average Bonchev–Trinajstić information content (AvgIpc) is 3.04. The molecule has 0 radical (unpaired) electrons. The number of pyridine rings is 2. The Bertz CT molecular complexity index is 1490. The summed E-state index contributed by atoms with van der Waals surface area (Å²) < 4.78 is 16.7. The van der Waals surface area contributed by atoms with Gasteiger partial charge < -0.3 is 11.1 Å². The summed E-state index contributed by atoms with van der Waals surface area (Å²) in [7, 11) is 3.40. The quantitative estimate of drug-likeness (QED) is 0.374. The van der Waals surface area contributed by atoms with Crippen LogP contribution in [0.5, 0.6) is 0 Å². The number of aromatic nitrogens is 4. The smallest absolute Gasteiger partial charge is 0.333 e. The monoisotopic (exact) mass is 431 g/mol.